The zero-order chi connectivity index (χ0) is 20.1. The summed E-state index contributed by atoms with van der Waals surface area (Å²) in [4.78, 5) is 20.9. The molecule has 1 amide bonds. The van der Waals surface area contributed by atoms with E-state index in [1.54, 1.807) is 5.38 Å². The molecule has 0 radical (unpaired) electrons. The summed E-state index contributed by atoms with van der Waals surface area (Å²) in [6.07, 6.45) is 2.50. The predicted molar refractivity (Wildman–Crippen MR) is 109 cm³/mol. The van der Waals surface area contributed by atoms with Gasteiger partial charge in [-0.15, -0.1) is 11.3 Å². The van der Waals surface area contributed by atoms with E-state index < -0.39 is 0 Å². The molecule has 2 heterocycles. The number of aromatic nitrogens is 4. The number of hydrogen-bond donors (Lipinski definition) is 2. The molecule has 1 atom stereocenters. The molecule has 0 saturated carbocycles. The van der Waals surface area contributed by atoms with Crippen molar-refractivity contribution in [1.82, 2.24) is 25.5 Å². The normalized spacial score (nSPS) is 12.2. The van der Waals surface area contributed by atoms with Gasteiger partial charge in [0.2, 0.25) is 0 Å². The molecule has 0 aliphatic rings. The van der Waals surface area contributed by atoms with Crippen LogP contribution in [0.4, 0.5) is 0 Å². The lowest BCUT2D eigenvalue weighted by atomic mass is 10.1. The largest absolute Gasteiger partial charge is 0.490 e. The van der Waals surface area contributed by atoms with E-state index in [4.69, 9.17) is 4.74 Å². The Morgan fingerprint density at radius 3 is 2.86 bits per heavy atom. The first kappa shape index (κ1) is 20.0. The smallest absolute Gasteiger partial charge is 0.271 e. The third kappa shape index (κ3) is 5.16. The van der Waals surface area contributed by atoms with Crippen molar-refractivity contribution in [2.75, 3.05) is 0 Å². The Bertz CT molecular complexity index is 921. The third-order valence-electron chi connectivity index (χ3n) is 4.15. The molecule has 7 nitrogen and oxygen atoms in total. The highest BCUT2D eigenvalue weighted by molar-refractivity contribution is 7.13. The van der Waals surface area contributed by atoms with Crippen LogP contribution >= 0.6 is 11.3 Å². The molecule has 0 aliphatic heterocycles. The van der Waals surface area contributed by atoms with Gasteiger partial charge in [0.25, 0.3) is 5.91 Å². The van der Waals surface area contributed by atoms with Crippen molar-refractivity contribution in [3.63, 3.8) is 0 Å². The number of ether oxygens (including phenoxy) is 1. The zero-order valence-corrected chi connectivity index (χ0v) is 17.3. The minimum atomic E-state index is -0.233. The van der Waals surface area contributed by atoms with Gasteiger partial charge in [-0.1, -0.05) is 26.0 Å². The predicted octanol–water partition coefficient (Wildman–Crippen LogP) is 3.98. The average Bonchev–Trinajstić information content (AvgIpc) is 3.31. The van der Waals surface area contributed by atoms with Crippen LogP contribution in [0.25, 0.3) is 10.8 Å². The number of carbonyl (C=O) groups is 1. The molecule has 0 fully saturated rings. The van der Waals surface area contributed by atoms with Crippen LogP contribution in [0, 0.1) is 12.8 Å². The number of aromatic amines is 1. The monoisotopic (exact) mass is 399 g/mol. The quantitative estimate of drug-likeness (QED) is 0.598. The maximum atomic E-state index is 12.5. The Morgan fingerprint density at radius 1 is 1.32 bits per heavy atom. The van der Waals surface area contributed by atoms with E-state index in [0.717, 1.165) is 23.3 Å². The molecule has 148 valence electrons. The van der Waals surface area contributed by atoms with Gasteiger partial charge in [-0.3, -0.25) is 9.89 Å². The summed E-state index contributed by atoms with van der Waals surface area (Å²) >= 11 is 1.35. The van der Waals surface area contributed by atoms with Crippen molar-refractivity contribution >= 4 is 17.2 Å². The maximum absolute atomic E-state index is 12.5. The summed E-state index contributed by atoms with van der Waals surface area (Å²) in [5.74, 6) is 1.70. The van der Waals surface area contributed by atoms with Crippen molar-refractivity contribution in [2.24, 2.45) is 5.92 Å². The van der Waals surface area contributed by atoms with Gasteiger partial charge in [-0.2, -0.15) is 5.10 Å². The highest BCUT2D eigenvalue weighted by Gasteiger charge is 2.15. The Balaban J connectivity index is 1.66. The van der Waals surface area contributed by atoms with Crippen molar-refractivity contribution < 1.29 is 9.53 Å². The van der Waals surface area contributed by atoms with Gasteiger partial charge >= 0.3 is 0 Å². The van der Waals surface area contributed by atoms with Crippen molar-refractivity contribution in [3.05, 3.63) is 46.7 Å². The molecule has 1 aromatic carbocycles. The summed E-state index contributed by atoms with van der Waals surface area (Å²) in [6, 6.07) is 6.03. The topological polar surface area (TPSA) is 92.8 Å². The van der Waals surface area contributed by atoms with Crippen LogP contribution in [0.1, 0.15) is 48.8 Å². The Morgan fingerprint density at radius 2 is 2.14 bits per heavy atom. The van der Waals surface area contributed by atoms with Crippen LogP contribution in [0.3, 0.4) is 0 Å². The fourth-order valence-electron chi connectivity index (χ4n) is 2.91. The molecule has 1 unspecified atom stereocenters. The molecule has 3 aromatic rings. The Kier molecular flexibility index (Phi) is 6.41. The fraction of sp³-hybridized carbons (Fsp3) is 0.400. The number of aryl methyl sites for hydroxylation is 1. The van der Waals surface area contributed by atoms with Gasteiger partial charge in [-0.25, -0.2) is 9.97 Å². The number of nitrogens with zero attached hydrogens (tertiary/aromatic N) is 3. The number of amides is 1. The first-order valence-electron chi connectivity index (χ1n) is 9.28. The van der Waals surface area contributed by atoms with E-state index in [1.807, 2.05) is 25.1 Å². The van der Waals surface area contributed by atoms with Crippen LogP contribution in [-0.2, 0) is 6.54 Å². The van der Waals surface area contributed by atoms with Gasteiger partial charge in [0.1, 0.15) is 17.8 Å². The van der Waals surface area contributed by atoms with Crippen LogP contribution in [0.5, 0.6) is 5.75 Å². The first-order valence-corrected chi connectivity index (χ1v) is 10.2. The van der Waals surface area contributed by atoms with Crippen molar-refractivity contribution in [2.45, 2.75) is 46.8 Å². The summed E-state index contributed by atoms with van der Waals surface area (Å²) in [5.41, 5.74) is 2.43. The Labute approximate surface area is 168 Å². The SMILES string of the molecule is Cc1ccc(CNC(=O)c2csc(-c3ncn[nH]3)n2)c(OC(C)CC(C)C)c1. The fourth-order valence-corrected chi connectivity index (χ4v) is 3.65. The summed E-state index contributed by atoms with van der Waals surface area (Å²) in [5, 5.41) is 11.8. The summed E-state index contributed by atoms with van der Waals surface area (Å²) in [6.45, 7) is 8.84. The second-order valence-electron chi connectivity index (χ2n) is 7.22. The van der Waals surface area contributed by atoms with Crippen LogP contribution in [-0.4, -0.2) is 32.2 Å². The van der Waals surface area contributed by atoms with Crippen molar-refractivity contribution in [3.8, 4) is 16.6 Å². The van der Waals surface area contributed by atoms with Gasteiger partial charge in [0.15, 0.2) is 10.8 Å². The van der Waals surface area contributed by atoms with Gasteiger partial charge in [0, 0.05) is 17.5 Å². The van der Waals surface area contributed by atoms with E-state index in [-0.39, 0.29) is 12.0 Å². The number of H-pyrrole nitrogens is 1. The molecule has 2 N–H and O–H groups in total. The Hall–Kier alpha value is -2.74. The van der Waals surface area contributed by atoms with E-state index >= 15 is 0 Å². The number of hydrogen-bond acceptors (Lipinski definition) is 6. The molecule has 8 heteroatoms. The molecule has 0 spiro atoms. The van der Waals surface area contributed by atoms with Crippen molar-refractivity contribution in [1.29, 1.82) is 0 Å². The van der Waals surface area contributed by atoms with E-state index in [1.165, 1.54) is 17.7 Å². The summed E-state index contributed by atoms with van der Waals surface area (Å²) in [7, 11) is 0. The lowest BCUT2D eigenvalue weighted by Crippen LogP contribution is -2.24. The molecule has 3 rings (SSSR count). The first-order chi connectivity index (χ1) is 13.4. The number of carbonyl (C=O) groups excluding carboxylic acids is 1. The number of thiazole rings is 1. The molecular weight excluding hydrogens is 374 g/mol. The van der Waals surface area contributed by atoms with Crippen LogP contribution in [0.15, 0.2) is 29.9 Å². The minimum Gasteiger partial charge on any atom is -0.490 e. The molecule has 2 aromatic heterocycles. The molecule has 0 saturated heterocycles. The average molecular weight is 400 g/mol. The minimum absolute atomic E-state index is 0.110. The molecular formula is C20H25N5O2S. The lowest BCUT2D eigenvalue weighted by Gasteiger charge is -2.19. The zero-order valence-electron chi connectivity index (χ0n) is 16.5. The highest BCUT2D eigenvalue weighted by Crippen LogP contribution is 2.24. The summed E-state index contributed by atoms with van der Waals surface area (Å²) < 4.78 is 6.14. The molecule has 28 heavy (non-hydrogen) atoms. The van der Waals surface area contributed by atoms with Crippen LogP contribution in [0.2, 0.25) is 0 Å². The molecule has 0 aliphatic carbocycles. The second kappa shape index (κ2) is 8.97. The van der Waals surface area contributed by atoms with Gasteiger partial charge in [-0.05, 0) is 37.8 Å². The lowest BCUT2D eigenvalue weighted by molar-refractivity contribution is 0.0946. The number of benzene rings is 1. The maximum Gasteiger partial charge on any atom is 0.271 e. The standard InChI is InChI=1S/C20H25N5O2S/c1-12(2)7-14(4)27-17-8-13(3)5-6-15(17)9-21-19(26)16-10-28-20(24-16)18-22-11-23-25-18/h5-6,8,10-12,14H,7,9H2,1-4H3,(H,21,26)(H,22,23,25). The van der Waals surface area contributed by atoms with E-state index in [2.05, 4.69) is 46.3 Å². The van der Waals surface area contributed by atoms with Crippen LogP contribution < -0.4 is 10.1 Å². The second-order valence-corrected chi connectivity index (χ2v) is 8.08. The van der Waals surface area contributed by atoms with Gasteiger partial charge < -0.3 is 10.1 Å². The number of nitrogens with one attached hydrogen (secondary N) is 2. The highest BCUT2D eigenvalue weighted by atomic mass is 32.1. The molecule has 0 bridgehead atoms. The van der Waals surface area contributed by atoms with E-state index in [0.29, 0.717) is 29.0 Å². The third-order valence-corrected chi connectivity index (χ3v) is 5.00. The van der Waals surface area contributed by atoms with E-state index in [9.17, 15) is 4.79 Å². The number of rotatable bonds is 8. The van der Waals surface area contributed by atoms with Gasteiger partial charge in [0.05, 0.1) is 6.10 Å².